The molecule has 0 heterocycles. The molecule has 0 N–H and O–H groups in total. The van der Waals surface area contributed by atoms with Crippen molar-refractivity contribution < 1.29 is 4.79 Å². The highest BCUT2D eigenvalue weighted by Crippen LogP contribution is 2.15. The van der Waals surface area contributed by atoms with Gasteiger partial charge in [-0.2, -0.15) is 0 Å². The van der Waals surface area contributed by atoms with Crippen LogP contribution in [-0.4, -0.2) is 6.29 Å². The van der Waals surface area contributed by atoms with E-state index in [-0.39, 0.29) is 0 Å². The fourth-order valence-corrected chi connectivity index (χ4v) is 0.933. The van der Waals surface area contributed by atoms with Crippen molar-refractivity contribution in [3.63, 3.8) is 0 Å². The van der Waals surface area contributed by atoms with Crippen molar-refractivity contribution in [2.45, 2.75) is 0 Å². The summed E-state index contributed by atoms with van der Waals surface area (Å²) in [5.41, 5.74) is 0.831. The fraction of sp³-hybridized carbons (Fsp3) is 0. The van der Waals surface area contributed by atoms with Crippen LogP contribution in [0.25, 0.3) is 6.08 Å². The predicted molar refractivity (Wildman–Crippen MR) is 46.2 cm³/mol. The molecule has 0 aromatic heterocycles. The lowest BCUT2D eigenvalue weighted by molar-refractivity contribution is 0.564. The first kappa shape index (κ1) is 8.02. The van der Waals surface area contributed by atoms with Gasteiger partial charge in [0.1, 0.15) is 0 Å². The second-order valence-electron chi connectivity index (χ2n) is 1.97. The van der Waals surface area contributed by atoms with Crippen LogP contribution in [0.15, 0.2) is 30.3 Å². The third-order valence-corrected chi connectivity index (χ3v) is 1.58. The molecule has 0 unspecified atom stereocenters. The first-order chi connectivity index (χ1) is 5.34. The largest absolute Gasteiger partial charge is 0.286 e. The van der Waals surface area contributed by atoms with Crippen LogP contribution in [-0.2, 0) is 4.79 Å². The SMILES string of the molecule is O=[C]/C=C/c1ccccc1Cl. The van der Waals surface area contributed by atoms with E-state index in [1.165, 1.54) is 6.08 Å². The summed E-state index contributed by atoms with van der Waals surface area (Å²) < 4.78 is 0. The third-order valence-electron chi connectivity index (χ3n) is 1.24. The van der Waals surface area contributed by atoms with E-state index in [4.69, 9.17) is 11.6 Å². The van der Waals surface area contributed by atoms with Gasteiger partial charge in [0.25, 0.3) is 0 Å². The van der Waals surface area contributed by atoms with Gasteiger partial charge in [0.2, 0.25) is 6.29 Å². The summed E-state index contributed by atoms with van der Waals surface area (Å²) in [6.45, 7) is 0. The van der Waals surface area contributed by atoms with Crippen LogP contribution in [0, 0.1) is 0 Å². The summed E-state index contributed by atoms with van der Waals surface area (Å²) in [5, 5.41) is 0.638. The molecular formula is C9H6ClO. The summed E-state index contributed by atoms with van der Waals surface area (Å²) in [5.74, 6) is 0. The lowest BCUT2D eigenvalue weighted by Gasteiger charge is -1.93. The van der Waals surface area contributed by atoms with Gasteiger partial charge in [0, 0.05) is 5.02 Å². The molecule has 11 heavy (non-hydrogen) atoms. The second-order valence-corrected chi connectivity index (χ2v) is 2.38. The molecule has 1 aromatic carbocycles. The van der Waals surface area contributed by atoms with Crippen molar-refractivity contribution in [2.24, 2.45) is 0 Å². The Bertz CT molecular complexity index is 279. The molecule has 0 aliphatic heterocycles. The zero-order chi connectivity index (χ0) is 8.10. The molecule has 0 aliphatic carbocycles. The van der Waals surface area contributed by atoms with Gasteiger partial charge in [-0.1, -0.05) is 29.8 Å². The van der Waals surface area contributed by atoms with Crippen molar-refractivity contribution in [3.8, 4) is 0 Å². The van der Waals surface area contributed by atoms with E-state index in [0.29, 0.717) is 5.02 Å². The molecule has 2 heteroatoms. The van der Waals surface area contributed by atoms with Crippen LogP contribution in [0.1, 0.15) is 5.56 Å². The molecule has 0 atom stereocenters. The van der Waals surface area contributed by atoms with Crippen LogP contribution >= 0.6 is 11.6 Å². The Hall–Kier alpha value is -1.08. The molecule has 0 saturated carbocycles. The minimum atomic E-state index is 0.638. The van der Waals surface area contributed by atoms with Gasteiger partial charge in [0.05, 0.1) is 0 Å². The predicted octanol–water partition coefficient (Wildman–Crippen LogP) is 2.46. The maximum absolute atomic E-state index is 9.83. The summed E-state index contributed by atoms with van der Waals surface area (Å²) in [6.07, 6.45) is 4.57. The summed E-state index contributed by atoms with van der Waals surface area (Å²) in [6, 6.07) is 7.29. The zero-order valence-electron chi connectivity index (χ0n) is 5.75. The Kier molecular flexibility index (Phi) is 2.87. The number of carbonyl (C=O) groups excluding carboxylic acids is 1. The molecule has 1 radical (unpaired) electrons. The van der Waals surface area contributed by atoms with Crippen LogP contribution in [0.3, 0.4) is 0 Å². The Labute approximate surface area is 70.3 Å². The number of hydrogen-bond donors (Lipinski definition) is 0. The molecule has 0 aliphatic rings. The van der Waals surface area contributed by atoms with E-state index in [2.05, 4.69) is 0 Å². The lowest BCUT2D eigenvalue weighted by Crippen LogP contribution is -1.72. The number of rotatable bonds is 2. The van der Waals surface area contributed by atoms with Gasteiger partial charge in [-0.25, -0.2) is 0 Å². The molecule has 0 amide bonds. The molecule has 0 spiro atoms. The lowest BCUT2D eigenvalue weighted by atomic mass is 10.2. The standard InChI is InChI=1S/C9H6ClO/c10-9-6-2-1-4-8(9)5-3-7-11/h1-6H/b5-3+. The zero-order valence-corrected chi connectivity index (χ0v) is 6.51. The first-order valence-electron chi connectivity index (χ1n) is 3.13. The fourth-order valence-electron chi connectivity index (χ4n) is 0.734. The van der Waals surface area contributed by atoms with Crippen LogP contribution < -0.4 is 0 Å². The molecular weight excluding hydrogens is 160 g/mol. The van der Waals surface area contributed by atoms with Crippen LogP contribution in [0.2, 0.25) is 5.02 Å². The van der Waals surface area contributed by atoms with Gasteiger partial charge in [-0.3, -0.25) is 4.79 Å². The van der Waals surface area contributed by atoms with E-state index in [1.807, 2.05) is 18.2 Å². The van der Waals surface area contributed by atoms with Gasteiger partial charge < -0.3 is 0 Å². The van der Waals surface area contributed by atoms with E-state index in [1.54, 1.807) is 18.4 Å². The van der Waals surface area contributed by atoms with E-state index >= 15 is 0 Å². The summed E-state index contributed by atoms with van der Waals surface area (Å²) in [4.78, 5) is 9.83. The normalized spacial score (nSPS) is 10.3. The van der Waals surface area contributed by atoms with Crippen molar-refractivity contribution in [1.82, 2.24) is 0 Å². The number of benzene rings is 1. The van der Waals surface area contributed by atoms with Gasteiger partial charge in [-0.15, -0.1) is 0 Å². The third kappa shape index (κ3) is 2.20. The summed E-state index contributed by atoms with van der Waals surface area (Å²) in [7, 11) is 0. The quantitative estimate of drug-likeness (QED) is 0.616. The minimum Gasteiger partial charge on any atom is -0.286 e. The highest BCUT2D eigenvalue weighted by atomic mass is 35.5. The average molecular weight is 166 g/mol. The second kappa shape index (κ2) is 3.94. The first-order valence-corrected chi connectivity index (χ1v) is 3.51. The van der Waals surface area contributed by atoms with E-state index < -0.39 is 0 Å². The Morgan fingerprint density at radius 3 is 2.73 bits per heavy atom. The Morgan fingerprint density at radius 2 is 2.09 bits per heavy atom. The monoisotopic (exact) mass is 165 g/mol. The Balaban J connectivity index is 2.94. The highest BCUT2D eigenvalue weighted by Gasteiger charge is 1.91. The molecule has 1 aromatic rings. The average Bonchev–Trinajstić information content (AvgIpc) is 2.03. The highest BCUT2D eigenvalue weighted by molar-refractivity contribution is 6.32. The van der Waals surface area contributed by atoms with E-state index in [0.717, 1.165) is 5.56 Å². The van der Waals surface area contributed by atoms with Gasteiger partial charge >= 0.3 is 0 Å². The Morgan fingerprint density at radius 1 is 1.36 bits per heavy atom. The number of hydrogen-bond acceptors (Lipinski definition) is 1. The minimum absolute atomic E-state index is 0.638. The van der Waals surface area contributed by atoms with Crippen LogP contribution in [0.5, 0.6) is 0 Å². The van der Waals surface area contributed by atoms with Crippen molar-refractivity contribution in [1.29, 1.82) is 0 Å². The molecule has 1 nitrogen and oxygen atoms in total. The molecule has 0 bridgehead atoms. The van der Waals surface area contributed by atoms with Crippen LogP contribution in [0.4, 0.5) is 0 Å². The van der Waals surface area contributed by atoms with Gasteiger partial charge in [-0.05, 0) is 23.8 Å². The molecule has 55 valence electrons. The maximum Gasteiger partial charge on any atom is 0.225 e. The molecule has 0 fully saturated rings. The topological polar surface area (TPSA) is 17.1 Å². The number of halogens is 1. The molecule has 1 rings (SSSR count). The van der Waals surface area contributed by atoms with Crippen molar-refractivity contribution >= 4 is 24.0 Å². The molecule has 0 saturated heterocycles. The smallest absolute Gasteiger partial charge is 0.225 e. The van der Waals surface area contributed by atoms with Gasteiger partial charge in [0.15, 0.2) is 0 Å². The van der Waals surface area contributed by atoms with Crippen molar-refractivity contribution in [2.75, 3.05) is 0 Å². The summed E-state index contributed by atoms with van der Waals surface area (Å²) >= 11 is 5.78. The number of allylic oxidation sites excluding steroid dienone is 1. The van der Waals surface area contributed by atoms with Crippen molar-refractivity contribution in [3.05, 3.63) is 40.9 Å². The van der Waals surface area contributed by atoms with E-state index in [9.17, 15) is 4.79 Å². The maximum atomic E-state index is 9.83.